The Hall–Kier alpha value is -1.94. The van der Waals surface area contributed by atoms with Crippen LogP contribution in [0.2, 0.25) is 0 Å². The highest BCUT2D eigenvalue weighted by Crippen LogP contribution is 2.26. The van der Waals surface area contributed by atoms with Crippen LogP contribution in [-0.2, 0) is 6.42 Å². The van der Waals surface area contributed by atoms with E-state index in [9.17, 15) is 0 Å². The van der Waals surface area contributed by atoms with Gasteiger partial charge in [-0.25, -0.2) is 0 Å². The maximum absolute atomic E-state index is 5.57. The molecule has 0 spiro atoms. The van der Waals surface area contributed by atoms with Crippen LogP contribution in [0, 0.1) is 20.8 Å². The minimum atomic E-state index is 0.765. The lowest BCUT2D eigenvalue weighted by molar-refractivity contribution is 0.667. The molecule has 116 valence electrons. The second kappa shape index (κ2) is 6.05. The van der Waals surface area contributed by atoms with Gasteiger partial charge in [0.15, 0.2) is 5.65 Å². The summed E-state index contributed by atoms with van der Waals surface area (Å²) in [5.74, 6) is 1.06. The summed E-state index contributed by atoms with van der Waals surface area (Å²) in [7, 11) is 0. The lowest BCUT2D eigenvalue weighted by atomic mass is 10.0. The molecule has 3 rings (SSSR count). The summed E-state index contributed by atoms with van der Waals surface area (Å²) < 4.78 is 2.24. The van der Waals surface area contributed by atoms with E-state index in [-0.39, 0.29) is 0 Å². The van der Waals surface area contributed by atoms with Crippen molar-refractivity contribution in [2.75, 3.05) is 6.54 Å². The zero-order chi connectivity index (χ0) is 15.7. The summed E-state index contributed by atoms with van der Waals surface area (Å²) in [5.41, 5.74) is 11.6. The molecule has 0 amide bonds. The molecule has 0 bridgehead atoms. The molecule has 0 aliphatic heterocycles. The van der Waals surface area contributed by atoms with Crippen LogP contribution in [0.25, 0.3) is 16.6 Å². The number of aromatic nitrogens is 3. The van der Waals surface area contributed by atoms with Gasteiger partial charge in [0.05, 0.1) is 5.52 Å². The molecule has 0 radical (unpaired) electrons. The van der Waals surface area contributed by atoms with Crippen LogP contribution in [0.4, 0.5) is 0 Å². The predicted octanol–water partition coefficient (Wildman–Crippen LogP) is 3.48. The summed E-state index contributed by atoms with van der Waals surface area (Å²) in [5, 5.41) is 10.1. The van der Waals surface area contributed by atoms with Gasteiger partial charge in [0.1, 0.15) is 5.82 Å². The van der Waals surface area contributed by atoms with Crippen LogP contribution in [-0.4, -0.2) is 21.1 Å². The SMILES string of the molecule is Cc1cc(C)c2c(c1)c(C)cc1nnc(CCCCCN)n12. The van der Waals surface area contributed by atoms with Gasteiger partial charge in [-0.1, -0.05) is 18.1 Å². The van der Waals surface area contributed by atoms with E-state index in [0.717, 1.165) is 43.7 Å². The molecular formula is C18H24N4. The summed E-state index contributed by atoms with van der Waals surface area (Å²) >= 11 is 0. The van der Waals surface area contributed by atoms with E-state index in [1.807, 2.05) is 0 Å². The van der Waals surface area contributed by atoms with Crippen molar-refractivity contribution in [2.24, 2.45) is 5.73 Å². The fourth-order valence-corrected chi connectivity index (χ4v) is 3.26. The number of hydrogen-bond donors (Lipinski definition) is 1. The number of unbranched alkanes of at least 4 members (excludes halogenated alkanes) is 2. The number of nitrogens with two attached hydrogens (primary N) is 1. The van der Waals surface area contributed by atoms with Gasteiger partial charge in [0.25, 0.3) is 0 Å². The van der Waals surface area contributed by atoms with Crippen molar-refractivity contribution in [3.05, 3.63) is 40.7 Å². The number of nitrogens with zero attached hydrogens (tertiary/aromatic N) is 3. The number of benzene rings is 1. The Morgan fingerprint density at radius 2 is 1.77 bits per heavy atom. The van der Waals surface area contributed by atoms with Crippen LogP contribution in [0.3, 0.4) is 0 Å². The topological polar surface area (TPSA) is 56.2 Å². The molecule has 1 aromatic carbocycles. The molecule has 2 N–H and O–H groups in total. The lowest BCUT2D eigenvalue weighted by Gasteiger charge is -2.11. The zero-order valence-electron chi connectivity index (χ0n) is 13.7. The largest absolute Gasteiger partial charge is 0.330 e. The van der Waals surface area contributed by atoms with Gasteiger partial charge in [0.2, 0.25) is 0 Å². The van der Waals surface area contributed by atoms with E-state index in [2.05, 4.69) is 53.6 Å². The molecule has 0 saturated carbocycles. The molecule has 4 nitrogen and oxygen atoms in total. The Morgan fingerprint density at radius 1 is 0.955 bits per heavy atom. The number of fused-ring (bicyclic) bond motifs is 3. The first-order valence-corrected chi connectivity index (χ1v) is 8.06. The maximum atomic E-state index is 5.57. The molecule has 0 aliphatic carbocycles. The minimum Gasteiger partial charge on any atom is -0.330 e. The first-order valence-electron chi connectivity index (χ1n) is 8.06. The molecule has 0 atom stereocenters. The maximum Gasteiger partial charge on any atom is 0.161 e. The third-order valence-corrected chi connectivity index (χ3v) is 4.30. The van der Waals surface area contributed by atoms with Crippen LogP contribution in [0.15, 0.2) is 18.2 Å². The molecule has 2 aromatic heterocycles. The average Bonchev–Trinajstić information content (AvgIpc) is 2.86. The van der Waals surface area contributed by atoms with Crippen LogP contribution < -0.4 is 5.73 Å². The molecule has 0 fully saturated rings. The van der Waals surface area contributed by atoms with Crippen LogP contribution in [0.5, 0.6) is 0 Å². The molecule has 0 unspecified atom stereocenters. The Bertz CT molecular complexity index is 817. The van der Waals surface area contributed by atoms with E-state index in [0.29, 0.717) is 0 Å². The molecule has 2 heterocycles. The Morgan fingerprint density at radius 3 is 2.55 bits per heavy atom. The molecule has 0 saturated heterocycles. The van der Waals surface area contributed by atoms with E-state index in [1.165, 1.54) is 27.6 Å². The predicted molar refractivity (Wildman–Crippen MR) is 91.3 cm³/mol. The summed E-state index contributed by atoms with van der Waals surface area (Å²) in [6.07, 6.45) is 4.28. The van der Waals surface area contributed by atoms with Crippen LogP contribution in [0.1, 0.15) is 41.8 Å². The second-order valence-corrected chi connectivity index (χ2v) is 6.21. The quantitative estimate of drug-likeness (QED) is 0.733. The van der Waals surface area contributed by atoms with Gasteiger partial charge in [-0.3, -0.25) is 4.40 Å². The molecule has 4 heteroatoms. The summed E-state index contributed by atoms with van der Waals surface area (Å²) in [6, 6.07) is 6.63. The first kappa shape index (κ1) is 15.0. The van der Waals surface area contributed by atoms with Crippen molar-refractivity contribution in [3.8, 4) is 0 Å². The smallest absolute Gasteiger partial charge is 0.161 e. The average molecular weight is 296 g/mol. The minimum absolute atomic E-state index is 0.765. The number of rotatable bonds is 5. The van der Waals surface area contributed by atoms with Gasteiger partial charge < -0.3 is 5.73 Å². The first-order chi connectivity index (χ1) is 10.6. The van der Waals surface area contributed by atoms with Crippen molar-refractivity contribution in [1.82, 2.24) is 14.6 Å². The third kappa shape index (κ3) is 2.59. The molecule has 3 aromatic rings. The number of hydrogen-bond acceptors (Lipinski definition) is 3. The Kier molecular flexibility index (Phi) is 4.12. The normalized spacial score (nSPS) is 11.6. The third-order valence-electron chi connectivity index (χ3n) is 4.30. The van der Waals surface area contributed by atoms with Crippen LogP contribution >= 0.6 is 0 Å². The molecule has 0 aliphatic rings. The lowest BCUT2D eigenvalue weighted by Crippen LogP contribution is -2.02. The van der Waals surface area contributed by atoms with Crippen molar-refractivity contribution >= 4 is 16.6 Å². The van der Waals surface area contributed by atoms with Crippen molar-refractivity contribution in [2.45, 2.75) is 46.5 Å². The zero-order valence-corrected chi connectivity index (χ0v) is 13.7. The van der Waals surface area contributed by atoms with Gasteiger partial charge in [-0.2, -0.15) is 0 Å². The van der Waals surface area contributed by atoms with Gasteiger partial charge >= 0.3 is 0 Å². The van der Waals surface area contributed by atoms with Gasteiger partial charge in [-0.15, -0.1) is 10.2 Å². The summed E-state index contributed by atoms with van der Waals surface area (Å²) in [4.78, 5) is 0. The van der Waals surface area contributed by atoms with E-state index in [4.69, 9.17) is 5.73 Å². The Balaban J connectivity index is 2.14. The highest BCUT2D eigenvalue weighted by Gasteiger charge is 2.13. The van der Waals surface area contributed by atoms with Gasteiger partial charge in [0, 0.05) is 11.8 Å². The Labute approximate surface area is 131 Å². The monoisotopic (exact) mass is 296 g/mol. The fourth-order valence-electron chi connectivity index (χ4n) is 3.26. The highest BCUT2D eigenvalue weighted by molar-refractivity contribution is 5.88. The van der Waals surface area contributed by atoms with Crippen molar-refractivity contribution < 1.29 is 0 Å². The number of aryl methyl sites for hydroxylation is 4. The second-order valence-electron chi connectivity index (χ2n) is 6.21. The number of pyridine rings is 1. The standard InChI is InChI=1S/C18H24N4/c1-12-9-14(3)18-15(10-12)13(2)11-17-21-20-16(22(17)18)7-5-4-6-8-19/h9-11H,4-8,19H2,1-3H3. The van der Waals surface area contributed by atoms with Gasteiger partial charge in [-0.05, 0) is 63.4 Å². The molecule has 22 heavy (non-hydrogen) atoms. The van der Waals surface area contributed by atoms with E-state index in [1.54, 1.807) is 0 Å². The van der Waals surface area contributed by atoms with E-state index < -0.39 is 0 Å². The van der Waals surface area contributed by atoms with E-state index >= 15 is 0 Å². The fraction of sp³-hybridized carbons (Fsp3) is 0.444. The van der Waals surface area contributed by atoms with Crippen molar-refractivity contribution in [1.29, 1.82) is 0 Å². The van der Waals surface area contributed by atoms with Crippen molar-refractivity contribution in [3.63, 3.8) is 0 Å². The molecular weight excluding hydrogens is 272 g/mol. The summed E-state index contributed by atoms with van der Waals surface area (Å²) in [6.45, 7) is 7.24. The highest BCUT2D eigenvalue weighted by atomic mass is 15.2.